The number of rotatable bonds is 0. The molecule has 0 radical (unpaired) electrons. The second-order valence-electron chi connectivity index (χ2n) is 2.38. The van der Waals surface area contributed by atoms with Crippen molar-refractivity contribution >= 4 is 31.9 Å². The second kappa shape index (κ2) is 2.70. The van der Waals surface area contributed by atoms with E-state index < -0.39 is 0 Å². The summed E-state index contributed by atoms with van der Waals surface area (Å²) in [6.07, 6.45) is 4.60. The number of allylic oxidation sites excluding steroid dienone is 3. The number of hydrogen-bond donors (Lipinski definition) is 1. The average molecular weight is 268 g/mol. The maximum atomic E-state index is 9.25. The number of hydrogen-bond acceptors (Lipinski definition) is 1. The number of halogens is 2. The monoisotopic (exact) mass is 266 g/mol. The topological polar surface area (TPSA) is 20.2 Å². The van der Waals surface area contributed by atoms with Gasteiger partial charge in [0.15, 0.2) is 0 Å². The lowest BCUT2D eigenvalue weighted by atomic mass is 10.1. The van der Waals surface area contributed by atoms with Gasteiger partial charge in [-0.25, -0.2) is 0 Å². The van der Waals surface area contributed by atoms with E-state index in [0.29, 0.717) is 5.76 Å². The van der Waals surface area contributed by atoms with Crippen LogP contribution in [-0.2, 0) is 0 Å². The molecule has 10 heavy (non-hydrogen) atoms. The molecule has 0 spiro atoms. The Morgan fingerprint density at radius 1 is 1.60 bits per heavy atom. The van der Waals surface area contributed by atoms with Crippen molar-refractivity contribution in [2.75, 3.05) is 0 Å². The highest BCUT2D eigenvalue weighted by atomic mass is 79.9. The Balaban J connectivity index is 2.87. The van der Waals surface area contributed by atoms with Gasteiger partial charge in [-0.1, -0.05) is 37.9 Å². The van der Waals surface area contributed by atoms with Crippen LogP contribution in [0.4, 0.5) is 0 Å². The SMILES string of the molecule is CC1=CCC(Br)(Br)C=C1O. The highest BCUT2D eigenvalue weighted by Gasteiger charge is 2.23. The third kappa shape index (κ3) is 1.86. The fraction of sp³-hybridized carbons (Fsp3) is 0.429. The molecular weight excluding hydrogens is 260 g/mol. The molecule has 0 atom stereocenters. The molecule has 0 bridgehead atoms. The first-order valence-corrected chi connectivity index (χ1v) is 4.57. The smallest absolute Gasteiger partial charge is 0.116 e. The number of aliphatic hydroxyl groups is 1. The third-order valence-electron chi connectivity index (χ3n) is 1.43. The van der Waals surface area contributed by atoms with Crippen LogP contribution < -0.4 is 0 Å². The van der Waals surface area contributed by atoms with Crippen molar-refractivity contribution in [2.45, 2.75) is 16.6 Å². The van der Waals surface area contributed by atoms with Crippen molar-refractivity contribution in [2.24, 2.45) is 0 Å². The Hall–Kier alpha value is 0.240. The predicted molar refractivity (Wildman–Crippen MR) is 49.7 cm³/mol. The molecule has 0 aromatic carbocycles. The third-order valence-corrected chi connectivity index (χ3v) is 2.54. The Morgan fingerprint density at radius 3 is 2.60 bits per heavy atom. The summed E-state index contributed by atoms with van der Waals surface area (Å²) in [5.41, 5.74) is 0.939. The van der Waals surface area contributed by atoms with Crippen molar-refractivity contribution in [3.05, 3.63) is 23.5 Å². The van der Waals surface area contributed by atoms with Gasteiger partial charge in [-0.2, -0.15) is 0 Å². The van der Waals surface area contributed by atoms with Crippen LogP contribution >= 0.6 is 31.9 Å². The molecule has 1 N–H and O–H groups in total. The Morgan fingerprint density at radius 2 is 2.20 bits per heavy atom. The summed E-state index contributed by atoms with van der Waals surface area (Å²) < 4.78 is -0.233. The van der Waals surface area contributed by atoms with Crippen LogP contribution in [-0.4, -0.2) is 8.34 Å². The van der Waals surface area contributed by atoms with Crippen LogP contribution in [0, 0.1) is 0 Å². The maximum absolute atomic E-state index is 9.25. The molecule has 0 aromatic rings. The van der Waals surface area contributed by atoms with E-state index in [9.17, 15) is 5.11 Å². The van der Waals surface area contributed by atoms with Gasteiger partial charge in [0, 0.05) is 0 Å². The first kappa shape index (κ1) is 8.34. The van der Waals surface area contributed by atoms with Crippen molar-refractivity contribution in [3.8, 4) is 0 Å². The molecule has 0 saturated carbocycles. The molecule has 0 amide bonds. The first-order chi connectivity index (χ1) is 4.51. The molecule has 0 unspecified atom stereocenters. The molecule has 1 rings (SSSR count). The van der Waals surface area contributed by atoms with Gasteiger partial charge in [0.25, 0.3) is 0 Å². The van der Waals surface area contributed by atoms with Crippen LogP contribution in [0.25, 0.3) is 0 Å². The Bertz CT molecular complexity index is 204. The minimum Gasteiger partial charge on any atom is -0.508 e. The van der Waals surface area contributed by atoms with E-state index in [2.05, 4.69) is 31.9 Å². The maximum Gasteiger partial charge on any atom is 0.116 e. The summed E-state index contributed by atoms with van der Waals surface area (Å²) in [7, 11) is 0. The van der Waals surface area contributed by atoms with Crippen molar-refractivity contribution in [3.63, 3.8) is 0 Å². The molecule has 0 aliphatic heterocycles. The molecule has 0 aromatic heterocycles. The quantitative estimate of drug-likeness (QED) is 0.668. The van der Waals surface area contributed by atoms with Gasteiger partial charge >= 0.3 is 0 Å². The van der Waals surface area contributed by atoms with Gasteiger partial charge in [0.05, 0.1) is 0 Å². The second-order valence-corrected chi connectivity index (χ2v) is 6.28. The lowest BCUT2D eigenvalue weighted by Gasteiger charge is -2.19. The predicted octanol–water partition coefficient (Wildman–Crippen LogP) is 3.26. The summed E-state index contributed by atoms with van der Waals surface area (Å²) in [6.45, 7) is 1.89. The molecule has 1 aliphatic carbocycles. The van der Waals surface area contributed by atoms with Crippen LogP contribution in [0.5, 0.6) is 0 Å². The summed E-state index contributed by atoms with van der Waals surface area (Å²) >= 11 is 6.79. The molecule has 1 nitrogen and oxygen atoms in total. The fourth-order valence-corrected chi connectivity index (χ4v) is 1.52. The highest BCUT2D eigenvalue weighted by Crippen LogP contribution is 2.37. The van der Waals surface area contributed by atoms with Crippen molar-refractivity contribution in [1.82, 2.24) is 0 Å². The molecule has 1 aliphatic rings. The largest absolute Gasteiger partial charge is 0.508 e. The van der Waals surface area contributed by atoms with Crippen LogP contribution in [0.1, 0.15) is 13.3 Å². The summed E-state index contributed by atoms with van der Waals surface area (Å²) in [5, 5.41) is 9.25. The Labute approximate surface area is 77.1 Å². The van der Waals surface area contributed by atoms with E-state index in [1.165, 1.54) is 0 Å². The van der Waals surface area contributed by atoms with Gasteiger partial charge < -0.3 is 5.11 Å². The molecule has 3 heteroatoms. The number of alkyl halides is 2. The minimum atomic E-state index is -0.233. The first-order valence-electron chi connectivity index (χ1n) is 2.98. The molecule has 0 saturated heterocycles. The standard InChI is InChI=1S/C7H8Br2O/c1-5-2-3-7(8,9)4-6(5)10/h2,4,10H,3H2,1H3. The van der Waals surface area contributed by atoms with E-state index in [0.717, 1.165) is 12.0 Å². The zero-order valence-corrected chi connectivity index (χ0v) is 8.74. The van der Waals surface area contributed by atoms with E-state index in [-0.39, 0.29) is 3.23 Å². The zero-order chi connectivity index (χ0) is 7.78. The normalized spacial score (nSPS) is 23.5. The molecule has 0 fully saturated rings. The average Bonchev–Trinajstić information content (AvgIpc) is 1.79. The van der Waals surface area contributed by atoms with Crippen LogP contribution in [0.15, 0.2) is 23.5 Å². The summed E-state index contributed by atoms with van der Waals surface area (Å²) in [6, 6.07) is 0. The summed E-state index contributed by atoms with van der Waals surface area (Å²) in [5.74, 6) is 0.347. The highest BCUT2D eigenvalue weighted by molar-refractivity contribution is 9.25. The van der Waals surface area contributed by atoms with Crippen LogP contribution in [0.3, 0.4) is 0 Å². The summed E-state index contributed by atoms with van der Waals surface area (Å²) in [4.78, 5) is 0. The van der Waals surface area contributed by atoms with E-state index in [1.807, 2.05) is 13.0 Å². The molecular formula is C7H8Br2O. The van der Waals surface area contributed by atoms with Crippen molar-refractivity contribution < 1.29 is 5.11 Å². The minimum absolute atomic E-state index is 0.233. The van der Waals surface area contributed by atoms with Gasteiger partial charge in [0.2, 0.25) is 0 Å². The molecule has 0 heterocycles. The van der Waals surface area contributed by atoms with Crippen LogP contribution in [0.2, 0.25) is 0 Å². The van der Waals surface area contributed by atoms with Gasteiger partial charge in [0.1, 0.15) is 8.99 Å². The van der Waals surface area contributed by atoms with Gasteiger partial charge in [-0.05, 0) is 25.0 Å². The molecule has 56 valence electrons. The fourth-order valence-electron chi connectivity index (χ4n) is 0.767. The van der Waals surface area contributed by atoms with Gasteiger partial charge in [-0.15, -0.1) is 0 Å². The lowest BCUT2D eigenvalue weighted by Crippen LogP contribution is -2.11. The van der Waals surface area contributed by atoms with E-state index in [1.54, 1.807) is 6.08 Å². The number of aliphatic hydroxyl groups excluding tert-OH is 1. The Kier molecular flexibility index (Phi) is 2.25. The lowest BCUT2D eigenvalue weighted by molar-refractivity contribution is 0.417. The van der Waals surface area contributed by atoms with Crippen molar-refractivity contribution in [1.29, 1.82) is 0 Å². The van der Waals surface area contributed by atoms with Gasteiger partial charge in [-0.3, -0.25) is 0 Å². The van der Waals surface area contributed by atoms with E-state index >= 15 is 0 Å². The zero-order valence-electron chi connectivity index (χ0n) is 5.56. The van der Waals surface area contributed by atoms with E-state index in [4.69, 9.17) is 0 Å².